The molecule has 2 aromatic rings. The summed E-state index contributed by atoms with van der Waals surface area (Å²) in [5.74, 6) is -6.07. The summed E-state index contributed by atoms with van der Waals surface area (Å²) in [5, 5.41) is 0. The Hall–Kier alpha value is -3.78. The van der Waals surface area contributed by atoms with Crippen LogP contribution in [0.4, 0.5) is 0 Å². The number of amides is 1. The highest BCUT2D eigenvalue weighted by Gasteiger charge is 2.38. The SMILES string of the molecule is CCOC(=O)[C@@H]1Cc2cc(OS(=O)(=O)O)c(OS(=O)(=O)O)cc2CN1C(=O)c1ccc(OS(=O)(=O)O)c(OS(=O)(=O)O)c1. The van der Waals surface area contributed by atoms with Crippen molar-refractivity contribution in [3.8, 4) is 23.0 Å². The zero-order valence-electron chi connectivity index (χ0n) is 21.1. The lowest BCUT2D eigenvalue weighted by molar-refractivity contribution is -0.149. The lowest BCUT2D eigenvalue weighted by atomic mass is 9.92. The van der Waals surface area contributed by atoms with Crippen LogP contribution in [-0.2, 0) is 64.1 Å². The number of fused-ring (bicyclic) bond motifs is 1. The molecule has 1 amide bonds. The van der Waals surface area contributed by atoms with Crippen LogP contribution >= 0.6 is 0 Å². The molecule has 43 heavy (non-hydrogen) atoms. The summed E-state index contributed by atoms with van der Waals surface area (Å²) in [6.45, 7) is 0.671. The van der Waals surface area contributed by atoms with Crippen LogP contribution in [0.15, 0.2) is 30.3 Å². The topological polar surface area (TPSA) is 301 Å². The van der Waals surface area contributed by atoms with Crippen LogP contribution in [0.3, 0.4) is 0 Å². The first-order valence-corrected chi connectivity index (χ1v) is 16.5. The molecule has 24 heteroatoms. The van der Waals surface area contributed by atoms with Crippen molar-refractivity contribution in [2.75, 3.05) is 6.61 Å². The number of esters is 1. The second-order valence-corrected chi connectivity index (χ2v) is 12.3. The molecule has 20 nitrogen and oxygen atoms in total. The van der Waals surface area contributed by atoms with Crippen LogP contribution in [0.25, 0.3) is 0 Å². The van der Waals surface area contributed by atoms with Gasteiger partial charge in [0.1, 0.15) is 6.04 Å². The lowest BCUT2D eigenvalue weighted by Crippen LogP contribution is -2.49. The molecule has 238 valence electrons. The van der Waals surface area contributed by atoms with Crippen molar-refractivity contribution >= 4 is 53.5 Å². The Labute approximate surface area is 243 Å². The summed E-state index contributed by atoms with van der Waals surface area (Å²) >= 11 is 0. The van der Waals surface area contributed by atoms with Crippen LogP contribution in [-0.4, -0.2) is 81.3 Å². The molecule has 0 spiro atoms. The minimum atomic E-state index is -5.34. The number of ether oxygens (including phenoxy) is 1. The van der Waals surface area contributed by atoms with Gasteiger partial charge in [0.05, 0.1) is 6.61 Å². The molecule has 0 saturated carbocycles. The van der Waals surface area contributed by atoms with E-state index in [1.807, 2.05) is 0 Å². The average Bonchev–Trinajstić information content (AvgIpc) is 2.81. The molecular formula is C19H19NO19S4. The lowest BCUT2D eigenvalue weighted by Gasteiger charge is -2.35. The van der Waals surface area contributed by atoms with Crippen molar-refractivity contribution in [2.24, 2.45) is 0 Å². The van der Waals surface area contributed by atoms with Gasteiger partial charge >= 0.3 is 47.6 Å². The number of hydrogen-bond donors (Lipinski definition) is 4. The summed E-state index contributed by atoms with van der Waals surface area (Å²) in [4.78, 5) is 27.2. The highest BCUT2D eigenvalue weighted by Crippen LogP contribution is 2.38. The van der Waals surface area contributed by atoms with Crippen molar-refractivity contribution in [3.05, 3.63) is 47.0 Å². The molecule has 0 bridgehead atoms. The molecule has 4 N–H and O–H groups in total. The van der Waals surface area contributed by atoms with E-state index in [2.05, 4.69) is 16.7 Å². The monoisotopic (exact) mass is 693 g/mol. The molecule has 0 fully saturated rings. The van der Waals surface area contributed by atoms with Gasteiger partial charge in [-0.1, -0.05) is 0 Å². The minimum absolute atomic E-state index is 0.0176. The normalized spacial score (nSPS) is 15.7. The summed E-state index contributed by atoms with van der Waals surface area (Å²) in [5.41, 5.74) is -0.480. The number of carbonyl (C=O) groups excluding carboxylic acids is 2. The standard InChI is InChI=1S/C19H19NO19S4/c1-2-35-19(22)13-5-11-7-16(38-42(29,30)31)17(39-43(32,33)34)8-12(11)9-20(13)18(21)10-3-4-14(36-40(23,24)25)15(6-10)37-41(26,27)28/h3-4,6-8,13H,2,5,9H2,1H3,(H,23,24,25)(H,26,27,28)(H,29,30,31)(H,32,33,34)/t13-/m0/s1. The molecule has 0 aliphatic carbocycles. The van der Waals surface area contributed by atoms with Gasteiger partial charge in [0, 0.05) is 18.5 Å². The Morgan fingerprint density at radius 3 is 1.63 bits per heavy atom. The van der Waals surface area contributed by atoms with Crippen LogP contribution < -0.4 is 16.7 Å². The molecular weight excluding hydrogens is 674 g/mol. The van der Waals surface area contributed by atoms with Gasteiger partial charge in [0.25, 0.3) is 5.91 Å². The maximum absolute atomic E-state index is 13.5. The van der Waals surface area contributed by atoms with Crippen molar-refractivity contribution in [1.29, 1.82) is 0 Å². The molecule has 0 saturated heterocycles. The summed E-state index contributed by atoms with van der Waals surface area (Å²) < 4.78 is 148. The number of benzene rings is 2. The third-order valence-corrected chi connectivity index (χ3v) is 6.75. The van der Waals surface area contributed by atoms with Crippen molar-refractivity contribution in [2.45, 2.75) is 25.9 Å². The first-order valence-electron chi connectivity index (χ1n) is 11.0. The Bertz CT molecular complexity index is 1880. The summed E-state index contributed by atoms with van der Waals surface area (Å²) in [7, 11) is -21.1. The van der Waals surface area contributed by atoms with Crippen molar-refractivity contribution in [1.82, 2.24) is 4.90 Å². The van der Waals surface area contributed by atoms with Crippen LogP contribution in [0.2, 0.25) is 0 Å². The van der Waals surface area contributed by atoms with E-state index in [4.69, 9.17) is 22.9 Å². The average molecular weight is 694 g/mol. The zero-order chi connectivity index (χ0) is 32.5. The molecule has 0 aromatic heterocycles. The quantitative estimate of drug-likeness (QED) is 0.171. The molecule has 0 unspecified atom stereocenters. The van der Waals surface area contributed by atoms with Gasteiger partial charge in [0.15, 0.2) is 23.0 Å². The van der Waals surface area contributed by atoms with Gasteiger partial charge in [-0.25, -0.2) is 4.79 Å². The smallest absolute Gasteiger partial charge is 0.446 e. The first kappa shape index (κ1) is 33.7. The molecule has 3 rings (SSSR count). The highest BCUT2D eigenvalue weighted by molar-refractivity contribution is 7.82. The number of rotatable bonds is 11. The second-order valence-electron chi connectivity index (χ2n) is 8.18. The fourth-order valence-corrected chi connectivity index (χ4v) is 5.22. The van der Waals surface area contributed by atoms with Gasteiger partial charge in [-0.15, -0.1) is 0 Å². The Kier molecular flexibility index (Phi) is 9.47. The summed E-state index contributed by atoms with van der Waals surface area (Å²) in [6.07, 6.45) is -0.452. The van der Waals surface area contributed by atoms with E-state index in [0.29, 0.717) is 12.1 Å². The van der Waals surface area contributed by atoms with E-state index < -0.39 is 101 Å². The predicted octanol–water partition coefficient (Wildman–Crippen LogP) is -0.457. The largest absolute Gasteiger partial charge is 0.464 e. The summed E-state index contributed by atoms with van der Waals surface area (Å²) in [6, 6.07) is 2.25. The molecule has 1 heterocycles. The predicted molar refractivity (Wildman–Crippen MR) is 136 cm³/mol. The Morgan fingerprint density at radius 1 is 0.721 bits per heavy atom. The van der Waals surface area contributed by atoms with Crippen molar-refractivity contribution < 1.29 is 82.9 Å². The number of hydrogen-bond acceptors (Lipinski definition) is 15. The van der Waals surface area contributed by atoms with E-state index in [1.165, 1.54) is 6.92 Å². The second kappa shape index (κ2) is 12.1. The van der Waals surface area contributed by atoms with Crippen LogP contribution in [0.1, 0.15) is 28.4 Å². The van der Waals surface area contributed by atoms with E-state index in [-0.39, 0.29) is 17.7 Å². The van der Waals surface area contributed by atoms with E-state index in [0.717, 1.165) is 23.1 Å². The van der Waals surface area contributed by atoms with Gasteiger partial charge in [-0.05, 0) is 48.4 Å². The van der Waals surface area contributed by atoms with E-state index in [1.54, 1.807) is 0 Å². The third kappa shape index (κ3) is 9.61. The maximum Gasteiger partial charge on any atom is 0.446 e. The van der Waals surface area contributed by atoms with Crippen LogP contribution in [0, 0.1) is 0 Å². The first-order chi connectivity index (χ1) is 19.5. The van der Waals surface area contributed by atoms with E-state index in [9.17, 15) is 43.3 Å². The third-order valence-electron chi connectivity index (χ3n) is 5.19. The fraction of sp³-hybridized carbons (Fsp3) is 0.263. The zero-order valence-corrected chi connectivity index (χ0v) is 24.3. The van der Waals surface area contributed by atoms with Gasteiger partial charge in [0.2, 0.25) is 0 Å². The highest BCUT2D eigenvalue weighted by atomic mass is 32.3. The van der Waals surface area contributed by atoms with Gasteiger partial charge in [-0.2, -0.15) is 33.7 Å². The Balaban J connectivity index is 2.14. The number of nitrogens with zero attached hydrogens (tertiary/aromatic N) is 1. The van der Waals surface area contributed by atoms with E-state index >= 15 is 0 Å². The van der Waals surface area contributed by atoms with Gasteiger partial charge in [-0.3, -0.25) is 23.0 Å². The maximum atomic E-state index is 13.5. The molecule has 1 atom stereocenters. The molecule has 2 aromatic carbocycles. The van der Waals surface area contributed by atoms with Crippen LogP contribution in [0.5, 0.6) is 23.0 Å². The molecule has 0 radical (unpaired) electrons. The van der Waals surface area contributed by atoms with Crippen molar-refractivity contribution in [3.63, 3.8) is 0 Å². The molecule has 1 aliphatic heterocycles. The molecule has 1 aliphatic rings. The van der Waals surface area contributed by atoms with Gasteiger partial charge < -0.3 is 26.4 Å². The minimum Gasteiger partial charge on any atom is -0.464 e. The Morgan fingerprint density at radius 2 is 1.16 bits per heavy atom. The fourth-order valence-electron chi connectivity index (χ4n) is 3.78. The number of carbonyl (C=O) groups is 2.